The zero-order valence-electron chi connectivity index (χ0n) is 17.3. The van der Waals surface area contributed by atoms with Crippen LogP contribution in [0, 0.1) is 0 Å². The first-order valence-electron chi connectivity index (χ1n) is 10.9. The van der Waals surface area contributed by atoms with Crippen LogP contribution < -0.4 is 4.74 Å². The zero-order valence-corrected chi connectivity index (χ0v) is 17.3. The lowest BCUT2D eigenvalue weighted by Gasteiger charge is -2.27. The maximum atomic E-state index is 13.5. The van der Waals surface area contributed by atoms with Crippen LogP contribution >= 0.6 is 0 Å². The number of ether oxygens (including phenoxy) is 1. The smallest absolute Gasteiger partial charge is 0.273 e. The highest BCUT2D eigenvalue weighted by molar-refractivity contribution is 5.98. The third kappa shape index (κ3) is 3.98. The Balaban J connectivity index is 1.42. The summed E-state index contributed by atoms with van der Waals surface area (Å²) in [7, 11) is 0. The number of nitrogens with zero attached hydrogens (tertiary/aromatic N) is 3. The van der Waals surface area contributed by atoms with E-state index in [1.54, 1.807) is 11.0 Å². The van der Waals surface area contributed by atoms with Gasteiger partial charge >= 0.3 is 0 Å². The van der Waals surface area contributed by atoms with Crippen LogP contribution in [0.2, 0.25) is 0 Å². The fourth-order valence-corrected chi connectivity index (χ4v) is 4.51. The van der Waals surface area contributed by atoms with Crippen molar-refractivity contribution in [2.45, 2.75) is 31.4 Å². The van der Waals surface area contributed by atoms with E-state index in [0.717, 1.165) is 42.6 Å². The number of amides is 2. The number of carbonyl (C=O) groups is 2. The number of carbonyl (C=O) groups excluding carboxylic acids is 2. The van der Waals surface area contributed by atoms with E-state index in [-0.39, 0.29) is 17.9 Å². The van der Waals surface area contributed by atoms with Crippen molar-refractivity contribution in [3.63, 3.8) is 0 Å². The maximum Gasteiger partial charge on any atom is 0.273 e. The predicted octanol–water partition coefficient (Wildman–Crippen LogP) is 3.52. The minimum Gasteiger partial charge on any atom is -0.488 e. The van der Waals surface area contributed by atoms with Crippen LogP contribution in [0.3, 0.4) is 0 Å². The number of fused-ring (bicyclic) bond motifs is 1. The summed E-state index contributed by atoms with van der Waals surface area (Å²) in [4.78, 5) is 34.8. The molecule has 5 rings (SSSR count). The summed E-state index contributed by atoms with van der Waals surface area (Å²) in [5.74, 6) is 0.547. The molecule has 0 saturated carbocycles. The molecule has 2 aliphatic heterocycles. The molecule has 0 aliphatic carbocycles. The molecule has 2 fully saturated rings. The molecule has 2 aliphatic rings. The fraction of sp³-hybridized carbons (Fsp3) is 0.320. The van der Waals surface area contributed by atoms with Crippen LogP contribution in [0.1, 0.15) is 29.8 Å². The van der Waals surface area contributed by atoms with Crippen LogP contribution in [0.15, 0.2) is 66.7 Å². The highest BCUT2D eigenvalue weighted by atomic mass is 16.5. The first-order valence-corrected chi connectivity index (χ1v) is 10.9. The highest BCUT2D eigenvalue weighted by Gasteiger charge is 2.43. The van der Waals surface area contributed by atoms with Gasteiger partial charge in [-0.2, -0.15) is 0 Å². The molecule has 0 bridgehead atoms. The Morgan fingerprint density at radius 1 is 0.903 bits per heavy atom. The molecular formula is C25H25N3O3. The minimum atomic E-state index is -0.521. The van der Waals surface area contributed by atoms with Crippen LogP contribution in [-0.2, 0) is 4.79 Å². The molecule has 158 valence electrons. The summed E-state index contributed by atoms with van der Waals surface area (Å²) >= 11 is 0. The van der Waals surface area contributed by atoms with E-state index in [4.69, 9.17) is 4.74 Å². The fourth-order valence-electron chi connectivity index (χ4n) is 4.51. The Morgan fingerprint density at radius 2 is 1.65 bits per heavy atom. The molecule has 6 heteroatoms. The molecule has 0 spiro atoms. The summed E-state index contributed by atoms with van der Waals surface area (Å²) in [6.07, 6.45) is 2.29. The molecule has 1 aromatic heterocycles. The van der Waals surface area contributed by atoms with Crippen LogP contribution in [0.25, 0.3) is 10.9 Å². The van der Waals surface area contributed by atoms with Crippen molar-refractivity contribution in [1.82, 2.24) is 14.8 Å². The highest BCUT2D eigenvalue weighted by Crippen LogP contribution is 2.27. The number of benzene rings is 2. The first-order chi connectivity index (χ1) is 15.2. The Kier molecular flexibility index (Phi) is 5.28. The topological polar surface area (TPSA) is 62.7 Å². The quantitative estimate of drug-likeness (QED) is 0.654. The molecule has 2 aromatic carbocycles. The maximum absolute atomic E-state index is 13.5. The molecule has 3 heterocycles. The molecule has 3 aromatic rings. The van der Waals surface area contributed by atoms with Gasteiger partial charge in [0.15, 0.2) is 0 Å². The van der Waals surface area contributed by atoms with Crippen molar-refractivity contribution >= 4 is 22.7 Å². The van der Waals surface area contributed by atoms with E-state index in [2.05, 4.69) is 4.98 Å². The van der Waals surface area contributed by atoms with Gasteiger partial charge in [0.2, 0.25) is 5.91 Å². The number of hydrogen-bond donors (Lipinski definition) is 0. The van der Waals surface area contributed by atoms with Crippen LogP contribution in [0.5, 0.6) is 5.75 Å². The third-order valence-electron chi connectivity index (χ3n) is 6.09. The van der Waals surface area contributed by atoms with Gasteiger partial charge in [-0.3, -0.25) is 9.59 Å². The Bertz CT molecular complexity index is 1100. The Hall–Kier alpha value is -3.41. The van der Waals surface area contributed by atoms with Gasteiger partial charge in [-0.1, -0.05) is 42.5 Å². The van der Waals surface area contributed by atoms with Crippen LogP contribution in [0.4, 0.5) is 0 Å². The number of para-hydroxylation sites is 2. The number of likely N-dealkylation sites (tertiary alicyclic amines) is 2. The van der Waals surface area contributed by atoms with E-state index in [0.29, 0.717) is 18.7 Å². The SMILES string of the molecule is O=C([C@@H]1C[C@H](Oc2ccccc2)CN1C(=O)c1ccc2ccccc2n1)N1CCCC1. The molecule has 31 heavy (non-hydrogen) atoms. The molecule has 6 nitrogen and oxygen atoms in total. The van der Waals surface area contributed by atoms with Crippen molar-refractivity contribution < 1.29 is 14.3 Å². The molecule has 0 N–H and O–H groups in total. The minimum absolute atomic E-state index is 0.0193. The second-order valence-corrected chi connectivity index (χ2v) is 8.18. The van der Waals surface area contributed by atoms with E-state index < -0.39 is 6.04 Å². The van der Waals surface area contributed by atoms with Crippen LogP contribution in [-0.4, -0.2) is 58.4 Å². The molecule has 2 saturated heterocycles. The standard InChI is InChI=1S/C25H25N3O3/c29-24(22-13-12-18-8-4-5-11-21(18)26-22)28-17-20(31-19-9-2-1-3-10-19)16-23(28)25(30)27-14-6-7-15-27/h1-5,8-13,20,23H,6-7,14-17H2/t20-,23-/m0/s1. The van der Waals surface area contributed by atoms with E-state index in [1.807, 2.05) is 65.6 Å². The number of rotatable bonds is 4. The van der Waals surface area contributed by atoms with Crippen molar-refractivity contribution in [3.8, 4) is 5.75 Å². The predicted molar refractivity (Wildman–Crippen MR) is 118 cm³/mol. The van der Waals surface area contributed by atoms with Gasteiger partial charge in [0.1, 0.15) is 23.6 Å². The second-order valence-electron chi connectivity index (χ2n) is 8.18. The molecular weight excluding hydrogens is 390 g/mol. The van der Waals surface area contributed by atoms with Crippen molar-refractivity contribution in [1.29, 1.82) is 0 Å². The number of aromatic nitrogens is 1. The summed E-state index contributed by atoms with van der Waals surface area (Å²) in [5.41, 5.74) is 1.13. The number of hydrogen-bond acceptors (Lipinski definition) is 4. The van der Waals surface area contributed by atoms with Gasteiger partial charge in [-0.25, -0.2) is 4.98 Å². The largest absolute Gasteiger partial charge is 0.488 e. The van der Waals surface area contributed by atoms with Crippen molar-refractivity contribution in [3.05, 3.63) is 72.4 Å². The molecule has 0 unspecified atom stereocenters. The van der Waals surface area contributed by atoms with Gasteiger partial charge in [-0.05, 0) is 37.1 Å². The molecule has 2 atom stereocenters. The average molecular weight is 415 g/mol. The lowest BCUT2D eigenvalue weighted by atomic mass is 10.1. The lowest BCUT2D eigenvalue weighted by Crippen LogP contribution is -2.47. The summed E-state index contributed by atoms with van der Waals surface area (Å²) in [6, 6.07) is 20.4. The van der Waals surface area contributed by atoms with Gasteiger partial charge < -0.3 is 14.5 Å². The van der Waals surface area contributed by atoms with Crippen molar-refractivity contribution in [2.24, 2.45) is 0 Å². The molecule has 2 amide bonds. The van der Waals surface area contributed by atoms with Crippen molar-refractivity contribution in [2.75, 3.05) is 19.6 Å². The first kappa shape index (κ1) is 19.5. The lowest BCUT2D eigenvalue weighted by molar-refractivity contribution is -0.134. The van der Waals surface area contributed by atoms with E-state index in [1.165, 1.54) is 0 Å². The van der Waals surface area contributed by atoms with Gasteiger partial charge in [0.05, 0.1) is 12.1 Å². The third-order valence-corrected chi connectivity index (χ3v) is 6.09. The Labute approximate surface area is 181 Å². The summed E-state index contributed by atoms with van der Waals surface area (Å²) in [6.45, 7) is 1.89. The second kappa shape index (κ2) is 8.38. The monoisotopic (exact) mass is 415 g/mol. The normalized spacial score (nSPS) is 20.9. The van der Waals surface area contributed by atoms with Gasteiger partial charge in [0.25, 0.3) is 5.91 Å². The average Bonchev–Trinajstić information content (AvgIpc) is 3.49. The van der Waals surface area contributed by atoms with E-state index in [9.17, 15) is 9.59 Å². The Morgan fingerprint density at radius 3 is 2.45 bits per heavy atom. The van der Waals surface area contributed by atoms with Gasteiger partial charge in [0, 0.05) is 24.9 Å². The van der Waals surface area contributed by atoms with Gasteiger partial charge in [-0.15, -0.1) is 0 Å². The summed E-state index contributed by atoms with van der Waals surface area (Å²) < 4.78 is 6.12. The molecule has 0 radical (unpaired) electrons. The summed E-state index contributed by atoms with van der Waals surface area (Å²) in [5, 5.41) is 0.982. The zero-order chi connectivity index (χ0) is 21.2. The van der Waals surface area contributed by atoms with E-state index >= 15 is 0 Å². The number of pyridine rings is 1.